The summed E-state index contributed by atoms with van der Waals surface area (Å²) >= 11 is 0. The lowest BCUT2D eigenvalue weighted by molar-refractivity contribution is 0.276. The number of aliphatic hydroxyl groups is 1. The summed E-state index contributed by atoms with van der Waals surface area (Å²) < 4.78 is 0. The van der Waals surface area contributed by atoms with Crippen LogP contribution < -0.4 is 10.9 Å². The smallest absolute Gasteiger partial charge is 0.252 e. The zero-order chi connectivity index (χ0) is 13.7. The number of hydrogen-bond donors (Lipinski definition) is 3. The van der Waals surface area contributed by atoms with E-state index >= 15 is 0 Å². The van der Waals surface area contributed by atoms with Gasteiger partial charge in [0.25, 0.3) is 5.56 Å². The van der Waals surface area contributed by atoms with E-state index in [1.807, 2.05) is 37.3 Å². The largest absolute Gasteiger partial charge is 0.394 e. The molecule has 0 aliphatic heterocycles. The first kappa shape index (κ1) is 13.3. The zero-order valence-electron chi connectivity index (χ0n) is 10.8. The van der Waals surface area contributed by atoms with Crippen molar-refractivity contribution in [3.63, 3.8) is 0 Å². The second kappa shape index (κ2) is 6.15. The number of nitrogens with one attached hydrogen (secondary N) is 2. The molecule has 2 rings (SSSR count). The van der Waals surface area contributed by atoms with E-state index in [2.05, 4.69) is 15.3 Å². The molecule has 1 unspecified atom stereocenters. The molecule has 19 heavy (non-hydrogen) atoms. The molecular weight excluding hydrogens is 242 g/mol. The van der Waals surface area contributed by atoms with E-state index in [1.54, 1.807) is 0 Å². The van der Waals surface area contributed by atoms with E-state index in [0.717, 1.165) is 5.56 Å². The van der Waals surface area contributed by atoms with Crippen LogP contribution >= 0.6 is 0 Å². The minimum Gasteiger partial charge on any atom is -0.394 e. The minimum atomic E-state index is -0.278. The summed E-state index contributed by atoms with van der Waals surface area (Å²) in [7, 11) is 0. The minimum absolute atomic E-state index is 0.0695. The summed E-state index contributed by atoms with van der Waals surface area (Å²) in [4.78, 5) is 18.4. The second-order valence-corrected chi connectivity index (χ2v) is 4.22. The summed E-state index contributed by atoms with van der Waals surface area (Å²) in [5, 5.41) is 12.5. The van der Waals surface area contributed by atoms with E-state index in [4.69, 9.17) is 0 Å². The molecule has 0 saturated carbocycles. The number of hydrogen-bond acceptors (Lipinski definition) is 4. The molecule has 1 aromatic heterocycles. The van der Waals surface area contributed by atoms with Crippen LogP contribution in [-0.2, 0) is 6.42 Å². The fourth-order valence-corrected chi connectivity index (χ4v) is 1.85. The fraction of sp³-hybridized carbons (Fsp3) is 0.286. The Morgan fingerprint density at radius 2 is 2.11 bits per heavy atom. The van der Waals surface area contributed by atoms with Crippen LogP contribution in [0.25, 0.3) is 0 Å². The SMILES string of the molecule is CCc1nc(NC(CO)c2ccccc2)cc(=O)[nH]1. The molecule has 0 fully saturated rings. The summed E-state index contributed by atoms with van der Waals surface area (Å²) in [5.74, 6) is 1.10. The highest BCUT2D eigenvalue weighted by molar-refractivity contribution is 5.37. The molecule has 0 aliphatic carbocycles. The van der Waals surface area contributed by atoms with Crippen molar-refractivity contribution in [1.82, 2.24) is 9.97 Å². The van der Waals surface area contributed by atoms with Crippen molar-refractivity contribution in [2.75, 3.05) is 11.9 Å². The standard InChI is InChI=1S/C14H17N3O2/c1-2-12-16-13(8-14(19)17-12)15-11(9-18)10-6-4-3-5-7-10/h3-8,11,18H,2,9H2,1H3,(H2,15,16,17,19). The number of anilines is 1. The van der Waals surface area contributed by atoms with Crippen LogP contribution in [0, 0.1) is 0 Å². The molecule has 5 heteroatoms. The first-order valence-corrected chi connectivity index (χ1v) is 6.25. The van der Waals surface area contributed by atoms with E-state index in [9.17, 15) is 9.90 Å². The summed E-state index contributed by atoms with van der Waals surface area (Å²) in [6, 6.07) is 10.7. The normalized spacial score (nSPS) is 12.1. The molecule has 0 amide bonds. The molecule has 5 nitrogen and oxygen atoms in total. The number of aryl methyl sites for hydroxylation is 1. The Morgan fingerprint density at radius 1 is 1.37 bits per heavy atom. The van der Waals surface area contributed by atoms with Gasteiger partial charge in [-0.1, -0.05) is 37.3 Å². The maximum absolute atomic E-state index is 11.5. The van der Waals surface area contributed by atoms with Gasteiger partial charge >= 0.3 is 0 Å². The molecule has 0 aliphatic rings. The molecule has 1 heterocycles. The van der Waals surface area contributed by atoms with E-state index in [0.29, 0.717) is 18.1 Å². The Kier molecular flexibility index (Phi) is 4.30. The van der Waals surface area contributed by atoms with Gasteiger partial charge < -0.3 is 15.4 Å². The molecule has 1 atom stereocenters. The zero-order valence-corrected chi connectivity index (χ0v) is 10.8. The predicted octanol–water partition coefficient (Wildman–Crippen LogP) is 1.48. The van der Waals surface area contributed by atoms with Crippen LogP contribution in [-0.4, -0.2) is 21.7 Å². The number of H-pyrrole nitrogens is 1. The third-order valence-corrected chi connectivity index (χ3v) is 2.83. The van der Waals surface area contributed by atoms with Gasteiger partial charge in [0.05, 0.1) is 12.6 Å². The highest BCUT2D eigenvalue weighted by Gasteiger charge is 2.11. The lowest BCUT2D eigenvalue weighted by Crippen LogP contribution is -2.19. The van der Waals surface area contributed by atoms with Gasteiger partial charge in [-0.25, -0.2) is 4.98 Å². The van der Waals surface area contributed by atoms with Crippen molar-refractivity contribution in [2.24, 2.45) is 0 Å². The Labute approximate surface area is 111 Å². The lowest BCUT2D eigenvalue weighted by atomic mass is 10.1. The van der Waals surface area contributed by atoms with Gasteiger partial charge in [-0.3, -0.25) is 4.79 Å². The maximum atomic E-state index is 11.5. The Balaban J connectivity index is 2.24. The van der Waals surface area contributed by atoms with Crippen molar-refractivity contribution in [3.05, 3.63) is 58.1 Å². The third-order valence-electron chi connectivity index (χ3n) is 2.83. The van der Waals surface area contributed by atoms with Crippen LogP contribution in [0.4, 0.5) is 5.82 Å². The molecule has 0 radical (unpaired) electrons. The van der Waals surface area contributed by atoms with Crippen LogP contribution in [0.5, 0.6) is 0 Å². The number of aromatic amines is 1. The summed E-state index contributed by atoms with van der Waals surface area (Å²) in [6.07, 6.45) is 0.653. The number of aliphatic hydroxyl groups excluding tert-OH is 1. The number of nitrogens with zero attached hydrogens (tertiary/aromatic N) is 1. The van der Waals surface area contributed by atoms with Crippen LogP contribution in [0.15, 0.2) is 41.2 Å². The van der Waals surface area contributed by atoms with Crippen molar-refractivity contribution < 1.29 is 5.11 Å². The van der Waals surface area contributed by atoms with Gasteiger partial charge in [0.1, 0.15) is 11.6 Å². The van der Waals surface area contributed by atoms with Gasteiger partial charge in [0.15, 0.2) is 0 Å². The molecule has 3 N–H and O–H groups in total. The topological polar surface area (TPSA) is 78.0 Å². The van der Waals surface area contributed by atoms with Crippen LogP contribution in [0.2, 0.25) is 0 Å². The van der Waals surface area contributed by atoms with E-state index in [-0.39, 0.29) is 18.2 Å². The van der Waals surface area contributed by atoms with Gasteiger partial charge in [0, 0.05) is 12.5 Å². The molecule has 0 bridgehead atoms. The summed E-state index contributed by atoms with van der Waals surface area (Å²) in [5.41, 5.74) is 0.754. The van der Waals surface area contributed by atoms with Crippen molar-refractivity contribution in [3.8, 4) is 0 Å². The van der Waals surface area contributed by atoms with Gasteiger partial charge in [-0.2, -0.15) is 0 Å². The van der Waals surface area contributed by atoms with Gasteiger partial charge in [-0.15, -0.1) is 0 Å². The van der Waals surface area contributed by atoms with Crippen molar-refractivity contribution >= 4 is 5.82 Å². The summed E-state index contributed by atoms with van der Waals surface area (Å²) in [6.45, 7) is 1.85. The quantitative estimate of drug-likeness (QED) is 0.760. The third kappa shape index (κ3) is 3.42. The van der Waals surface area contributed by atoms with Crippen LogP contribution in [0.3, 0.4) is 0 Å². The number of benzene rings is 1. The molecule has 1 aromatic carbocycles. The van der Waals surface area contributed by atoms with Crippen LogP contribution in [0.1, 0.15) is 24.4 Å². The van der Waals surface area contributed by atoms with Gasteiger partial charge in [0.2, 0.25) is 0 Å². The Hall–Kier alpha value is -2.14. The average Bonchev–Trinajstić information content (AvgIpc) is 2.45. The van der Waals surface area contributed by atoms with Crippen molar-refractivity contribution in [2.45, 2.75) is 19.4 Å². The number of aromatic nitrogens is 2. The van der Waals surface area contributed by atoms with Crippen molar-refractivity contribution in [1.29, 1.82) is 0 Å². The monoisotopic (exact) mass is 259 g/mol. The molecule has 0 saturated heterocycles. The molecule has 100 valence electrons. The predicted molar refractivity (Wildman–Crippen MR) is 74.1 cm³/mol. The Bertz CT molecular complexity index is 581. The van der Waals surface area contributed by atoms with E-state index < -0.39 is 0 Å². The highest BCUT2D eigenvalue weighted by atomic mass is 16.3. The van der Waals surface area contributed by atoms with Gasteiger partial charge in [-0.05, 0) is 5.56 Å². The fourth-order valence-electron chi connectivity index (χ4n) is 1.85. The molecule has 0 spiro atoms. The highest BCUT2D eigenvalue weighted by Crippen LogP contribution is 2.16. The molecule has 2 aromatic rings. The second-order valence-electron chi connectivity index (χ2n) is 4.22. The number of rotatable bonds is 5. The Morgan fingerprint density at radius 3 is 2.74 bits per heavy atom. The van der Waals surface area contributed by atoms with E-state index in [1.165, 1.54) is 6.07 Å². The maximum Gasteiger partial charge on any atom is 0.252 e. The first-order chi connectivity index (χ1) is 9.22. The average molecular weight is 259 g/mol. The first-order valence-electron chi connectivity index (χ1n) is 6.25. The lowest BCUT2D eigenvalue weighted by Gasteiger charge is -2.17. The molecular formula is C14H17N3O2.